The van der Waals surface area contributed by atoms with E-state index in [9.17, 15) is 9.59 Å². The van der Waals surface area contributed by atoms with Gasteiger partial charge in [-0.25, -0.2) is 0 Å². The summed E-state index contributed by atoms with van der Waals surface area (Å²) in [6.07, 6.45) is 24.2. The first kappa shape index (κ1) is 35.1. The average Bonchev–Trinajstić information content (AvgIpc) is 3.81. The van der Waals surface area contributed by atoms with E-state index in [0.29, 0.717) is 17.7 Å². The van der Waals surface area contributed by atoms with Gasteiger partial charge in [-0.1, -0.05) is 117 Å². The van der Waals surface area contributed by atoms with Crippen LogP contribution in [0, 0.1) is 0 Å². The number of carbonyl (C=O) groups is 2. The third-order valence-corrected chi connectivity index (χ3v) is 12.5. The van der Waals surface area contributed by atoms with Gasteiger partial charge in [0.1, 0.15) is 0 Å². The van der Waals surface area contributed by atoms with Crippen LogP contribution in [0.1, 0.15) is 168 Å². The Morgan fingerprint density at radius 3 is 1.32 bits per heavy atom. The largest absolute Gasteiger partial charge is 0.274 e. The molecule has 0 spiro atoms. The molecular formula is C38H55NO2S3. The maximum Gasteiger partial charge on any atom is 0.263 e. The Morgan fingerprint density at radius 2 is 0.886 bits per heavy atom. The molecule has 0 aliphatic carbocycles. The number of nitrogens with zero attached hydrogens (tertiary/aromatic N) is 1. The van der Waals surface area contributed by atoms with Crippen LogP contribution in [0.5, 0.6) is 0 Å². The van der Waals surface area contributed by atoms with E-state index >= 15 is 0 Å². The molecule has 44 heavy (non-hydrogen) atoms. The van der Waals surface area contributed by atoms with E-state index in [0.717, 1.165) is 35.4 Å². The molecule has 2 amide bonds. The van der Waals surface area contributed by atoms with Crippen LogP contribution in [0.25, 0.3) is 19.5 Å². The lowest BCUT2D eigenvalue weighted by atomic mass is 10.0. The van der Waals surface area contributed by atoms with Crippen molar-refractivity contribution in [1.29, 1.82) is 0 Å². The summed E-state index contributed by atoms with van der Waals surface area (Å²) in [5.41, 5.74) is 4.06. The maximum absolute atomic E-state index is 14.0. The number of unbranched alkanes of at least 4 members (excludes halogenated alkanes) is 15. The molecule has 1 aliphatic rings. The minimum atomic E-state index is -0.0657. The molecule has 3 nitrogen and oxygen atoms in total. The van der Waals surface area contributed by atoms with Gasteiger partial charge >= 0.3 is 0 Å². The predicted octanol–water partition coefficient (Wildman–Crippen LogP) is 13.0. The van der Waals surface area contributed by atoms with Gasteiger partial charge in [-0.3, -0.25) is 14.5 Å². The third kappa shape index (κ3) is 9.16. The van der Waals surface area contributed by atoms with Crippen LogP contribution in [-0.4, -0.2) is 23.3 Å². The van der Waals surface area contributed by atoms with E-state index in [1.54, 1.807) is 38.9 Å². The van der Waals surface area contributed by atoms with Gasteiger partial charge in [0, 0.05) is 16.3 Å². The van der Waals surface area contributed by atoms with Crippen molar-refractivity contribution in [3.05, 3.63) is 45.1 Å². The van der Waals surface area contributed by atoms with Crippen LogP contribution in [0.4, 0.5) is 0 Å². The van der Waals surface area contributed by atoms with Gasteiger partial charge in [0.05, 0.1) is 20.9 Å². The first-order chi connectivity index (χ1) is 21.6. The molecule has 6 heteroatoms. The standard InChI is InChI=1S/C38H55NO2S3/c1-4-7-10-13-16-19-22-29-24-27-42-33(29)35-31-32(38(41)39(37(31)40)26-21-18-15-12-9-6-3)36(44-35)34-30(25-28-43-34)23-20-17-14-11-8-5-2/h24-25,27-28H,4-23,26H2,1-3H3. The highest BCUT2D eigenvalue weighted by Crippen LogP contribution is 2.50. The molecule has 0 radical (unpaired) electrons. The molecule has 0 fully saturated rings. The van der Waals surface area contributed by atoms with E-state index in [2.05, 4.69) is 43.7 Å². The van der Waals surface area contributed by atoms with Crippen molar-refractivity contribution in [1.82, 2.24) is 4.90 Å². The monoisotopic (exact) mass is 653 g/mol. The highest BCUT2D eigenvalue weighted by atomic mass is 32.1. The number of aryl methyl sites for hydroxylation is 2. The summed E-state index contributed by atoms with van der Waals surface area (Å²) < 4.78 is 0. The summed E-state index contributed by atoms with van der Waals surface area (Å²) in [6, 6.07) is 4.50. The molecule has 0 N–H and O–H groups in total. The van der Waals surface area contributed by atoms with Gasteiger partial charge in [-0.05, 0) is 66.1 Å². The molecule has 1 aliphatic heterocycles. The molecule has 0 unspecified atom stereocenters. The zero-order valence-corrected chi connectivity index (χ0v) is 30.1. The van der Waals surface area contributed by atoms with Crippen LogP contribution in [-0.2, 0) is 12.8 Å². The highest BCUT2D eigenvalue weighted by molar-refractivity contribution is 7.26. The van der Waals surface area contributed by atoms with Crippen LogP contribution in [0.3, 0.4) is 0 Å². The maximum atomic E-state index is 14.0. The lowest BCUT2D eigenvalue weighted by Gasteiger charge is -2.15. The Kier molecular flexibility index (Phi) is 15.2. The summed E-state index contributed by atoms with van der Waals surface area (Å²) in [6.45, 7) is 7.29. The Bertz CT molecular complexity index is 1210. The normalized spacial score (nSPS) is 13.0. The zero-order valence-electron chi connectivity index (χ0n) is 27.6. The lowest BCUT2D eigenvalue weighted by Crippen LogP contribution is -2.31. The predicted molar refractivity (Wildman–Crippen MR) is 194 cm³/mol. The number of amides is 2. The van der Waals surface area contributed by atoms with Gasteiger partial charge in [0.25, 0.3) is 11.8 Å². The first-order valence-electron chi connectivity index (χ1n) is 17.8. The number of fused-ring (bicyclic) bond motifs is 1. The topological polar surface area (TPSA) is 37.4 Å². The van der Waals surface area contributed by atoms with Gasteiger partial charge in [0.2, 0.25) is 0 Å². The quantitative estimate of drug-likeness (QED) is 0.0754. The number of hydrogen-bond donors (Lipinski definition) is 0. The van der Waals surface area contributed by atoms with E-state index in [4.69, 9.17) is 0 Å². The molecule has 0 bridgehead atoms. The third-order valence-electron chi connectivity index (χ3n) is 9.07. The first-order valence-corrected chi connectivity index (χ1v) is 20.4. The van der Waals surface area contributed by atoms with Gasteiger partial charge < -0.3 is 0 Å². The van der Waals surface area contributed by atoms with Crippen molar-refractivity contribution in [3.63, 3.8) is 0 Å². The molecule has 0 saturated heterocycles. The minimum Gasteiger partial charge on any atom is -0.274 e. The van der Waals surface area contributed by atoms with Crippen molar-refractivity contribution in [3.8, 4) is 19.5 Å². The average molecular weight is 654 g/mol. The molecular weight excluding hydrogens is 599 g/mol. The minimum absolute atomic E-state index is 0.0657. The molecule has 4 heterocycles. The van der Waals surface area contributed by atoms with E-state index < -0.39 is 0 Å². The fourth-order valence-corrected chi connectivity index (χ4v) is 10.0. The lowest BCUT2D eigenvalue weighted by molar-refractivity contribution is 0.0652. The summed E-state index contributed by atoms with van der Waals surface area (Å²) in [4.78, 5) is 34.2. The summed E-state index contributed by atoms with van der Waals surface area (Å²) in [5, 5.41) is 4.36. The highest BCUT2D eigenvalue weighted by Gasteiger charge is 2.42. The van der Waals surface area contributed by atoms with Crippen LogP contribution in [0.2, 0.25) is 0 Å². The molecule has 3 aromatic heterocycles. The molecule has 3 aromatic rings. The van der Waals surface area contributed by atoms with Crippen molar-refractivity contribution in [2.45, 2.75) is 149 Å². The Labute approximate surface area is 279 Å². The molecule has 0 atom stereocenters. The van der Waals surface area contributed by atoms with E-state index in [1.165, 1.54) is 124 Å². The van der Waals surface area contributed by atoms with Gasteiger partial charge in [-0.2, -0.15) is 0 Å². The number of hydrogen-bond acceptors (Lipinski definition) is 5. The molecule has 4 rings (SSSR count). The second-order valence-electron chi connectivity index (χ2n) is 12.6. The van der Waals surface area contributed by atoms with Crippen LogP contribution >= 0.6 is 34.0 Å². The number of carbonyl (C=O) groups excluding carboxylic acids is 2. The van der Waals surface area contributed by atoms with Crippen molar-refractivity contribution in [2.24, 2.45) is 0 Å². The van der Waals surface area contributed by atoms with Crippen LogP contribution < -0.4 is 0 Å². The fourth-order valence-electron chi connectivity index (χ4n) is 6.43. The number of thiophene rings is 3. The molecule has 0 aromatic carbocycles. The molecule has 242 valence electrons. The smallest absolute Gasteiger partial charge is 0.263 e. The van der Waals surface area contributed by atoms with Gasteiger partial charge in [-0.15, -0.1) is 34.0 Å². The SMILES string of the molecule is CCCCCCCCc1ccsc1-c1sc(-c2sccc2CCCCCCCC)c2c1C(=O)N(CCCCCCCC)C2=O. The second kappa shape index (κ2) is 19.0. The summed E-state index contributed by atoms with van der Waals surface area (Å²) >= 11 is 5.19. The van der Waals surface area contributed by atoms with Gasteiger partial charge in [0.15, 0.2) is 0 Å². The Morgan fingerprint density at radius 1 is 0.500 bits per heavy atom. The van der Waals surface area contributed by atoms with Crippen molar-refractivity contribution >= 4 is 45.8 Å². The summed E-state index contributed by atoms with van der Waals surface area (Å²) in [5.74, 6) is -0.131. The number of rotatable bonds is 23. The van der Waals surface area contributed by atoms with Crippen molar-refractivity contribution in [2.75, 3.05) is 6.54 Å². The van der Waals surface area contributed by atoms with Crippen LogP contribution in [0.15, 0.2) is 22.9 Å². The Hall–Kier alpha value is -1.76. The second-order valence-corrected chi connectivity index (χ2v) is 15.5. The molecule has 0 saturated carbocycles. The van der Waals surface area contributed by atoms with E-state index in [-0.39, 0.29) is 11.8 Å². The van der Waals surface area contributed by atoms with E-state index in [1.807, 2.05) is 0 Å². The summed E-state index contributed by atoms with van der Waals surface area (Å²) in [7, 11) is 0. The fraction of sp³-hybridized carbons (Fsp3) is 0.632. The van der Waals surface area contributed by atoms with Crippen molar-refractivity contribution < 1.29 is 9.59 Å². The zero-order chi connectivity index (χ0) is 31.1. The number of imide groups is 1. The Balaban J connectivity index is 1.58.